The van der Waals surface area contributed by atoms with Crippen LogP contribution >= 0.6 is 0 Å². The molecule has 29 heavy (non-hydrogen) atoms. The molecule has 1 aromatic carbocycles. The van der Waals surface area contributed by atoms with Crippen molar-refractivity contribution < 1.29 is 14.4 Å². The third-order valence-corrected chi connectivity index (χ3v) is 7.23. The van der Waals surface area contributed by atoms with Gasteiger partial charge in [0.1, 0.15) is 6.04 Å². The monoisotopic (exact) mass is 396 g/mol. The van der Waals surface area contributed by atoms with Gasteiger partial charge in [0, 0.05) is 25.1 Å². The first-order valence-corrected chi connectivity index (χ1v) is 10.8. The number of amides is 3. The molecule has 1 aliphatic carbocycles. The molecule has 3 amide bonds. The zero-order valence-corrected chi connectivity index (χ0v) is 16.6. The number of fused-ring (bicyclic) bond motifs is 3. The summed E-state index contributed by atoms with van der Waals surface area (Å²) in [6, 6.07) is 5.49. The first-order chi connectivity index (χ1) is 14.1. The summed E-state index contributed by atoms with van der Waals surface area (Å²) in [7, 11) is 0. The van der Waals surface area contributed by atoms with Crippen LogP contribution in [0.15, 0.2) is 18.2 Å². The van der Waals surface area contributed by atoms with E-state index in [1.54, 1.807) is 4.90 Å². The van der Waals surface area contributed by atoms with Crippen LogP contribution < -0.4 is 16.0 Å². The zero-order valence-electron chi connectivity index (χ0n) is 16.6. The van der Waals surface area contributed by atoms with Crippen LogP contribution in [-0.4, -0.2) is 48.3 Å². The molecule has 1 aromatic rings. The first kappa shape index (κ1) is 18.8. The summed E-state index contributed by atoms with van der Waals surface area (Å²) in [5.74, 6) is 1.63. The van der Waals surface area contributed by atoms with Crippen LogP contribution in [0.5, 0.6) is 0 Å². The van der Waals surface area contributed by atoms with Gasteiger partial charge in [-0.15, -0.1) is 0 Å². The van der Waals surface area contributed by atoms with Gasteiger partial charge in [0.05, 0.1) is 0 Å². The van der Waals surface area contributed by atoms with Crippen molar-refractivity contribution in [3.05, 3.63) is 34.9 Å². The molecule has 4 aliphatic rings. The molecule has 0 radical (unpaired) electrons. The SMILES string of the molecule is O=C1CCC(N2Cc3ccc(CNCC4C5CCC4CNC5)cc3C2=O)C(=O)N1. The predicted molar refractivity (Wildman–Crippen MR) is 107 cm³/mol. The first-order valence-electron chi connectivity index (χ1n) is 10.8. The lowest BCUT2D eigenvalue weighted by molar-refractivity contribution is -0.136. The molecule has 1 saturated carbocycles. The van der Waals surface area contributed by atoms with Crippen LogP contribution in [0.1, 0.15) is 47.2 Å². The second-order valence-corrected chi connectivity index (χ2v) is 8.94. The minimum Gasteiger partial charge on any atom is -0.322 e. The molecule has 7 nitrogen and oxygen atoms in total. The normalized spacial score (nSPS) is 31.2. The summed E-state index contributed by atoms with van der Waals surface area (Å²) in [6.07, 6.45) is 3.36. The lowest BCUT2D eigenvalue weighted by Crippen LogP contribution is -2.52. The number of hydrogen-bond donors (Lipinski definition) is 3. The fraction of sp³-hybridized carbons (Fsp3) is 0.591. The van der Waals surface area contributed by atoms with Gasteiger partial charge >= 0.3 is 0 Å². The molecule has 0 spiro atoms. The summed E-state index contributed by atoms with van der Waals surface area (Å²) < 4.78 is 0. The summed E-state index contributed by atoms with van der Waals surface area (Å²) in [5, 5.41) is 9.50. The van der Waals surface area contributed by atoms with E-state index in [1.165, 1.54) is 12.8 Å². The third kappa shape index (κ3) is 3.46. The van der Waals surface area contributed by atoms with Crippen molar-refractivity contribution in [2.24, 2.45) is 17.8 Å². The van der Waals surface area contributed by atoms with Gasteiger partial charge in [-0.2, -0.15) is 0 Å². The number of piperidine rings is 2. The van der Waals surface area contributed by atoms with E-state index in [0.717, 1.165) is 55.1 Å². The Morgan fingerprint density at radius 2 is 1.86 bits per heavy atom. The molecule has 3 aliphatic heterocycles. The molecular formula is C22H28N4O3. The topological polar surface area (TPSA) is 90.5 Å². The maximum absolute atomic E-state index is 12.9. The number of hydrogen-bond acceptors (Lipinski definition) is 5. The molecule has 5 rings (SSSR count). The number of nitrogens with one attached hydrogen (secondary N) is 3. The van der Waals surface area contributed by atoms with Crippen molar-refractivity contribution in [2.75, 3.05) is 19.6 Å². The van der Waals surface area contributed by atoms with Crippen LogP contribution in [0.4, 0.5) is 0 Å². The summed E-state index contributed by atoms with van der Waals surface area (Å²) in [4.78, 5) is 38.1. The Morgan fingerprint density at radius 1 is 1.07 bits per heavy atom. The van der Waals surface area contributed by atoms with Crippen molar-refractivity contribution in [1.82, 2.24) is 20.9 Å². The number of rotatable bonds is 5. The lowest BCUT2D eigenvalue weighted by atomic mass is 9.86. The van der Waals surface area contributed by atoms with E-state index >= 15 is 0 Å². The van der Waals surface area contributed by atoms with Gasteiger partial charge in [-0.05, 0) is 73.8 Å². The number of imide groups is 1. The maximum Gasteiger partial charge on any atom is 0.255 e. The molecule has 0 aromatic heterocycles. The largest absolute Gasteiger partial charge is 0.322 e. The predicted octanol–water partition coefficient (Wildman–Crippen LogP) is 0.783. The standard InChI is InChI=1S/C22H28N4O3/c27-20-6-5-19(21(28)25-20)26-12-16-2-1-13(7-17(16)22(26)29)8-23-11-18-14-3-4-15(18)10-24-9-14/h1-2,7,14-15,18-19,23-24H,3-6,8-12H2,(H,25,27,28). The number of carbonyl (C=O) groups excluding carboxylic acids is 3. The zero-order chi connectivity index (χ0) is 20.0. The number of benzene rings is 1. The molecule has 2 saturated heterocycles. The van der Waals surface area contributed by atoms with Gasteiger partial charge in [-0.25, -0.2) is 0 Å². The molecule has 3 atom stereocenters. The Labute approximate surface area is 170 Å². The highest BCUT2D eigenvalue weighted by atomic mass is 16.2. The fourth-order valence-electron chi connectivity index (χ4n) is 5.63. The van der Waals surface area contributed by atoms with Crippen molar-refractivity contribution >= 4 is 17.7 Å². The Morgan fingerprint density at radius 3 is 2.62 bits per heavy atom. The lowest BCUT2D eigenvalue weighted by Gasteiger charge is -2.31. The van der Waals surface area contributed by atoms with E-state index in [4.69, 9.17) is 0 Å². The van der Waals surface area contributed by atoms with Crippen LogP contribution in [0.25, 0.3) is 0 Å². The summed E-state index contributed by atoms with van der Waals surface area (Å²) in [5.41, 5.74) is 2.75. The average molecular weight is 396 g/mol. The van der Waals surface area contributed by atoms with Crippen LogP contribution in [0.2, 0.25) is 0 Å². The van der Waals surface area contributed by atoms with Gasteiger partial charge in [0.2, 0.25) is 11.8 Å². The van der Waals surface area contributed by atoms with Gasteiger partial charge in [-0.3, -0.25) is 19.7 Å². The Balaban J connectivity index is 1.21. The van der Waals surface area contributed by atoms with Crippen LogP contribution in [0, 0.1) is 17.8 Å². The molecule has 7 heteroatoms. The molecule has 154 valence electrons. The molecule has 3 unspecified atom stereocenters. The molecule has 3 N–H and O–H groups in total. The minimum absolute atomic E-state index is 0.104. The second-order valence-electron chi connectivity index (χ2n) is 8.94. The number of nitrogens with zero attached hydrogens (tertiary/aromatic N) is 1. The van der Waals surface area contributed by atoms with Crippen LogP contribution in [0.3, 0.4) is 0 Å². The number of carbonyl (C=O) groups is 3. The van der Waals surface area contributed by atoms with E-state index in [9.17, 15) is 14.4 Å². The summed E-state index contributed by atoms with van der Waals surface area (Å²) >= 11 is 0. The average Bonchev–Trinajstić information content (AvgIpc) is 3.13. The highest BCUT2D eigenvalue weighted by Crippen LogP contribution is 2.38. The molecule has 2 bridgehead atoms. The maximum atomic E-state index is 12.9. The minimum atomic E-state index is -0.551. The van der Waals surface area contributed by atoms with Crippen molar-refractivity contribution in [3.63, 3.8) is 0 Å². The van der Waals surface area contributed by atoms with Crippen molar-refractivity contribution in [1.29, 1.82) is 0 Å². The molecule has 3 fully saturated rings. The van der Waals surface area contributed by atoms with Gasteiger partial charge in [0.15, 0.2) is 0 Å². The molecule has 3 heterocycles. The molecular weight excluding hydrogens is 368 g/mol. The third-order valence-electron chi connectivity index (χ3n) is 7.23. The van der Waals surface area contributed by atoms with E-state index in [1.807, 2.05) is 12.1 Å². The Bertz CT molecular complexity index is 838. The van der Waals surface area contributed by atoms with Crippen LogP contribution in [-0.2, 0) is 22.7 Å². The Kier molecular flexibility index (Phi) is 4.87. The highest BCUT2D eigenvalue weighted by Gasteiger charge is 2.40. The smallest absolute Gasteiger partial charge is 0.255 e. The van der Waals surface area contributed by atoms with Gasteiger partial charge in [-0.1, -0.05) is 12.1 Å². The van der Waals surface area contributed by atoms with E-state index in [0.29, 0.717) is 18.5 Å². The van der Waals surface area contributed by atoms with E-state index in [2.05, 4.69) is 22.0 Å². The summed E-state index contributed by atoms with van der Waals surface area (Å²) in [6.45, 7) is 4.51. The van der Waals surface area contributed by atoms with Crippen molar-refractivity contribution in [3.8, 4) is 0 Å². The highest BCUT2D eigenvalue weighted by molar-refractivity contribution is 6.05. The fourth-order valence-corrected chi connectivity index (χ4v) is 5.63. The second kappa shape index (κ2) is 7.54. The quantitative estimate of drug-likeness (QED) is 0.640. The van der Waals surface area contributed by atoms with E-state index in [-0.39, 0.29) is 24.1 Å². The van der Waals surface area contributed by atoms with E-state index < -0.39 is 6.04 Å². The van der Waals surface area contributed by atoms with Gasteiger partial charge in [0.25, 0.3) is 5.91 Å². The van der Waals surface area contributed by atoms with Gasteiger partial charge < -0.3 is 15.5 Å². The Hall–Kier alpha value is -2.25. The van der Waals surface area contributed by atoms with Crippen molar-refractivity contribution in [2.45, 2.75) is 44.8 Å².